The molecule has 1 atom stereocenters. The van der Waals surface area contributed by atoms with E-state index in [-0.39, 0.29) is 24.5 Å². The minimum absolute atomic E-state index is 0.0283. The van der Waals surface area contributed by atoms with E-state index in [2.05, 4.69) is 10.3 Å². The van der Waals surface area contributed by atoms with E-state index in [1.54, 1.807) is 12.3 Å². The maximum Gasteiger partial charge on any atom is 0.252 e. The second kappa shape index (κ2) is 6.48. The summed E-state index contributed by atoms with van der Waals surface area (Å²) in [6, 6.07) is 9.22. The third-order valence-corrected chi connectivity index (χ3v) is 3.45. The molecule has 0 aliphatic heterocycles. The van der Waals surface area contributed by atoms with Crippen molar-refractivity contribution in [3.63, 3.8) is 0 Å². The number of carbonyl (C=O) groups excluding carboxylic acids is 1. The molecule has 0 saturated heterocycles. The molecule has 2 aromatic rings. The van der Waals surface area contributed by atoms with Crippen LogP contribution in [0, 0.1) is 5.92 Å². The smallest absolute Gasteiger partial charge is 0.252 e. The fourth-order valence-electron chi connectivity index (χ4n) is 2.26. The fourth-order valence-corrected chi connectivity index (χ4v) is 2.26. The van der Waals surface area contributed by atoms with Crippen LogP contribution in [-0.2, 0) is 0 Å². The molecule has 0 radical (unpaired) electrons. The van der Waals surface area contributed by atoms with Gasteiger partial charge in [-0.2, -0.15) is 0 Å². The molecule has 1 unspecified atom stereocenters. The second-order valence-corrected chi connectivity index (χ2v) is 5.21. The van der Waals surface area contributed by atoms with Crippen molar-refractivity contribution in [2.45, 2.75) is 26.3 Å². The minimum Gasteiger partial charge on any atom is -0.396 e. The number of hydrogen-bond donors (Lipinski definition) is 2. The average molecular weight is 272 g/mol. The van der Waals surface area contributed by atoms with Gasteiger partial charge in [-0.25, -0.2) is 0 Å². The van der Waals surface area contributed by atoms with Crippen LogP contribution in [0.1, 0.15) is 30.6 Å². The largest absolute Gasteiger partial charge is 0.396 e. The first-order valence-corrected chi connectivity index (χ1v) is 6.89. The second-order valence-electron chi connectivity index (χ2n) is 5.21. The van der Waals surface area contributed by atoms with Gasteiger partial charge in [-0.15, -0.1) is 0 Å². The van der Waals surface area contributed by atoms with Crippen LogP contribution in [0.5, 0.6) is 0 Å². The quantitative estimate of drug-likeness (QED) is 0.878. The standard InChI is InChI=1S/C16H20N2O2/c1-11(2)14(8-10-19)18-16(20)13-5-3-7-15-12(13)6-4-9-17-15/h3-7,9,11,14,19H,8,10H2,1-2H3,(H,18,20). The van der Waals surface area contributed by atoms with Gasteiger partial charge in [0.1, 0.15) is 0 Å². The van der Waals surface area contributed by atoms with Gasteiger partial charge in [0.05, 0.1) is 5.52 Å². The maximum atomic E-state index is 12.4. The molecule has 4 heteroatoms. The predicted octanol–water partition coefficient (Wildman–Crippen LogP) is 2.37. The number of aliphatic hydroxyl groups excluding tert-OH is 1. The Morgan fingerprint density at radius 2 is 2.10 bits per heavy atom. The first-order valence-electron chi connectivity index (χ1n) is 6.89. The normalized spacial score (nSPS) is 12.6. The van der Waals surface area contributed by atoms with Crippen LogP contribution >= 0.6 is 0 Å². The Balaban J connectivity index is 2.27. The number of rotatable bonds is 5. The fraction of sp³-hybridized carbons (Fsp3) is 0.375. The molecule has 1 amide bonds. The highest BCUT2D eigenvalue weighted by Crippen LogP contribution is 2.17. The van der Waals surface area contributed by atoms with Gasteiger partial charge in [0, 0.05) is 29.8 Å². The van der Waals surface area contributed by atoms with E-state index in [0.29, 0.717) is 12.0 Å². The monoisotopic (exact) mass is 272 g/mol. The third-order valence-electron chi connectivity index (χ3n) is 3.45. The molecular weight excluding hydrogens is 252 g/mol. The zero-order chi connectivity index (χ0) is 14.5. The number of hydrogen-bond acceptors (Lipinski definition) is 3. The first-order chi connectivity index (χ1) is 9.63. The zero-order valence-electron chi connectivity index (χ0n) is 11.8. The van der Waals surface area contributed by atoms with Gasteiger partial charge in [0.15, 0.2) is 0 Å². The molecule has 0 fully saturated rings. The number of pyridine rings is 1. The van der Waals surface area contributed by atoms with E-state index < -0.39 is 0 Å². The SMILES string of the molecule is CC(C)C(CCO)NC(=O)c1cccc2ncccc12. The molecule has 1 aromatic carbocycles. The molecule has 0 spiro atoms. The number of aromatic nitrogens is 1. The lowest BCUT2D eigenvalue weighted by Gasteiger charge is -2.21. The lowest BCUT2D eigenvalue weighted by Crippen LogP contribution is -2.39. The zero-order valence-corrected chi connectivity index (χ0v) is 11.8. The maximum absolute atomic E-state index is 12.4. The topological polar surface area (TPSA) is 62.2 Å². The van der Waals surface area contributed by atoms with Crippen molar-refractivity contribution in [3.05, 3.63) is 42.1 Å². The number of amides is 1. The molecule has 20 heavy (non-hydrogen) atoms. The summed E-state index contributed by atoms with van der Waals surface area (Å²) in [4.78, 5) is 16.7. The molecule has 0 aliphatic carbocycles. The van der Waals surface area contributed by atoms with Crippen LogP contribution in [0.3, 0.4) is 0 Å². The Hall–Kier alpha value is -1.94. The molecule has 2 N–H and O–H groups in total. The highest BCUT2D eigenvalue weighted by molar-refractivity contribution is 6.06. The van der Waals surface area contributed by atoms with E-state index in [9.17, 15) is 4.79 Å². The summed E-state index contributed by atoms with van der Waals surface area (Å²) in [7, 11) is 0. The molecule has 0 bridgehead atoms. The van der Waals surface area contributed by atoms with Crippen molar-refractivity contribution in [1.29, 1.82) is 0 Å². The van der Waals surface area contributed by atoms with Crippen molar-refractivity contribution in [2.75, 3.05) is 6.61 Å². The number of aliphatic hydroxyl groups is 1. The van der Waals surface area contributed by atoms with Gasteiger partial charge in [-0.3, -0.25) is 9.78 Å². The molecular formula is C16H20N2O2. The van der Waals surface area contributed by atoms with E-state index in [4.69, 9.17) is 5.11 Å². The Morgan fingerprint density at radius 1 is 1.30 bits per heavy atom. The van der Waals surface area contributed by atoms with Gasteiger partial charge >= 0.3 is 0 Å². The number of benzene rings is 1. The molecule has 2 rings (SSSR count). The van der Waals surface area contributed by atoms with Gasteiger partial charge in [-0.05, 0) is 30.5 Å². The van der Waals surface area contributed by atoms with Crippen molar-refractivity contribution < 1.29 is 9.90 Å². The number of fused-ring (bicyclic) bond motifs is 1. The van der Waals surface area contributed by atoms with Crippen LogP contribution in [0.15, 0.2) is 36.5 Å². The number of carbonyl (C=O) groups is 1. The molecule has 0 saturated carbocycles. The lowest BCUT2D eigenvalue weighted by atomic mass is 10.00. The van der Waals surface area contributed by atoms with Gasteiger partial charge in [0.25, 0.3) is 5.91 Å². The van der Waals surface area contributed by atoms with E-state index in [0.717, 1.165) is 10.9 Å². The highest BCUT2D eigenvalue weighted by atomic mass is 16.3. The van der Waals surface area contributed by atoms with E-state index >= 15 is 0 Å². The van der Waals surface area contributed by atoms with Crippen molar-refractivity contribution in [3.8, 4) is 0 Å². The minimum atomic E-state index is -0.115. The number of nitrogens with one attached hydrogen (secondary N) is 1. The summed E-state index contributed by atoms with van der Waals surface area (Å²) in [5.74, 6) is 0.162. The third kappa shape index (κ3) is 3.14. The van der Waals surface area contributed by atoms with Crippen LogP contribution in [0.25, 0.3) is 10.9 Å². The predicted molar refractivity (Wildman–Crippen MR) is 79.5 cm³/mol. The van der Waals surface area contributed by atoms with Crippen LogP contribution in [0.4, 0.5) is 0 Å². The van der Waals surface area contributed by atoms with Crippen LogP contribution < -0.4 is 5.32 Å². The Bertz CT molecular complexity index is 591. The summed E-state index contributed by atoms with van der Waals surface area (Å²) in [5.41, 5.74) is 1.43. The summed E-state index contributed by atoms with van der Waals surface area (Å²) >= 11 is 0. The number of nitrogens with zero attached hydrogens (tertiary/aromatic N) is 1. The average Bonchev–Trinajstić information content (AvgIpc) is 2.46. The van der Waals surface area contributed by atoms with Gasteiger partial charge in [0.2, 0.25) is 0 Å². The van der Waals surface area contributed by atoms with Crippen molar-refractivity contribution >= 4 is 16.8 Å². The van der Waals surface area contributed by atoms with Crippen LogP contribution in [-0.4, -0.2) is 28.6 Å². The first kappa shape index (κ1) is 14.5. The summed E-state index contributed by atoms with van der Waals surface area (Å²) in [6.45, 7) is 4.14. The molecule has 4 nitrogen and oxygen atoms in total. The van der Waals surface area contributed by atoms with E-state index in [1.165, 1.54) is 0 Å². The molecule has 0 aliphatic rings. The van der Waals surface area contributed by atoms with Gasteiger partial charge < -0.3 is 10.4 Å². The lowest BCUT2D eigenvalue weighted by molar-refractivity contribution is 0.0918. The molecule has 106 valence electrons. The Kier molecular flexibility index (Phi) is 4.69. The molecule has 1 heterocycles. The Morgan fingerprint density at radius 3 is 2.80 bits per heavy atom. The van der Waals surface area contributed by atoms with Crippen molar-refractivity contribution in [1.82, 2.24) is 10.3 Å². The summed E-state index contributed by atoms with van der Waals surface area (Å²) in [6.07, 6.45) is 2.28. The van der Waals surface area contributed by atoms with Crippen LogP contribution in [0.2, 0.25) is 0 Å². The molecule has 1 aromatic heterocycles. The van der Waals surface area contributed by atoms with Crippen molar-refractivity contribution in [2.24, 2.45) is 5.92 Å². The summed E-state index contributed by atoms with van der Waals surface area (Å²) < 4.78 is 0. The summed E-state index contributed by atoms with van der Waals surface area (Å²) in [5, 5.41) is 12.9. The highest BCUT2D eigenvalue weighted by Gasteiger charge is 2.18. The van der Waals surface area contributed by atoms with E-state index in [1.807, 2.05) is 38.1 Å². The van der Waals surface area contributed by atoms with Gasteiger partial charge in [-0.1, -0.05) is 26.0 Å². The Labute approximate surface area is 118 Å².